The Morgan fingerprint density at radius 2 is 2.03 bits per heavy atom. The van der Waals surface area contributed by atoms with Crippen LogP contribution in [0.15, 0.2) is 61.9 Å². The molecule has 0 bridgehead atoms. The highest BCUT2D eigenvalue weighted by atomic mass is 127. The Kier molecular flexibility index (Phi) is 7.39. The van der Waals surface area contributed by atoms with E-state index in [0.717, 1.165) is 13.6 Å². The van der Waals surface area contributed by atoms with Gasteiger partial charge in [0.25, 0.3) is 5.56 Å². The van der Waals surface area contributed by atoms with E-state index < -0.39 is 17.8 Å². The quantitative estimate of drug-likeness (QED) is 0.303. The van der Waals surface area contributed by atoms with Crippen molar-refractivity contribution in [1.29, 1.82) is 0 Å². The minimum atomic E-state index is -0.789. The molecule has 1 aliphatic heterocycles. The standard InChI is InChI=1S/C24H19BrFIN2O4S/c1-4-33-23(31)19-12(2)28-24-29(20(19)13-5-7-16(26)8-6-13)22(30)18(34-24)10-14-9-15(25)11-17(27)21(14)32-3/h5-11,20H,4H2,1-3H3/b18-10-/t20-/m1/s1. The normalized spacial score (nSPS) is 15.7. The topological polar surface area (TPSA) is 69.9 Å². The Hall–Kier alpha value is -2.31. The third-order valence-corrected chi connectivity index (χ3v) is 7.47. The number of carbonyl (C=O) groups is 1. The minimum Gasteiger partial charge on any atom is -0.495 e. The fraction of sp³-hybridized carbons (Fsp3) is 0.208. The molecule has 2 aromatic carbocycles. The molecule has 0 radical (unpaired) electrons. The maximum absolute atomic E-state index is 13.7. The molecule has 176 valence electrons. The molecule has 4 rings (SSSR count). The van der Waals surface area contributed by atoms with Gasteiger partial charge in [-0.1, -0.05) is 39.4 Å². The molecule has 0 saturated carbocycles. The molecule has 0 unspecified atom stereocenters. The molecule has 1 atom stereocenters. The first-order valence-corrected chi connectivity index (χ1v) is 12.9. The lowest BCUT2D eigenvalue weighted by atomic mass is 9.96. The zero-order valence-electron chi connectivity index (χ0n) is 18.4. The smallest absolute Gasteiger partial charge is 0.338 e. The van der Waals surface area contributed by atoms with E-state index in [-0.39, 0.29) is 17.7 Å². The fourth-order valence-electron chi connectivity index (χ4n) is 3.80. The predicted molar refractivity (Wildman–Crippen MR) is 140 cm³/mol. The van der Waals surface area contributed by atoms with Crippen molar-refractivity contribution >= 4 is 61.9 Å². The number of halogens is 3. The molecule has 10 heteroatoms. The summed E-state index contributed by atoms with van der Waals surface area (Å²) < 4.78 is 28.1. The first-order chi connectivity index (χ1) is 16.2. The number of allylic oxidation sites excluding steroid dienone is 1. The van der Waals surface area contributed by atoms with Crippen LogP contribution in [0.4, 0.5) is 4.39 Å². The van der Waals surface area contributed by atoms with Gasteiger partial charge in [-0.15, -0.1) is 0 Å². The number of aromatic nitrogens is 1. The van der Waals surface area contributed by atoms with Gasteiger partial charge in [0, 0.05) is 10.0 Å². The van der Waals surface area contributed by atoms with Gasteiger partial charge in [-0.3, -0.25) is 9.36 Å². The SMILES string of the molecule is CCOC(=O)C1=C(C)N=c2s/c(=C\c3cc(Br)cc(I)c3OC)c(=O)n2[C@@H]1c1ccc(F)cc1. The van der Waals surface area contributed by atoms with Crippen LogP contribution in [0.1, 0.15) is 31.0 Å². The van der Waals surface area contributed by atoms with Gasteiger partial charge in [0.05, 0.1) is 39.1 Å². The number of nitrogens with zero attached hydrogens (tertiary/aromatic N) is 2. The van der Waals surface area contributed by atoms with Crippen LogP contribution >= 0.6 is 49.9 Å². The van der Waals surface area contributed by atoms with Crippen LogP contribution in [-0.4, -0.2) is 24.3 Å². The van der Waals surface area contributed by atoms with E-state index in [1.807, 2.05) is 12.1 Å². The Morgan fingerprint density at radius 3 is 2.68 bits per heavy atom. The lowest BCUT2D eigenvalue weighted by Crippen LogP contribution is -2.39. The van der Waals surface area contributed by atoms with Gasteiger partial charge >= 0.3 is 5.97 Å². The second kappa shape index (κ2) is 10.1. The van der Waals surface area contributed by atoms with Crippen LogP contribution in [0.2, 0.25) is 0 Å². The van der Waals surface area contributed by atoms with E-state index in [0.29, 0.717) is 26.3 Å². The minimum absolute atomic E-state index is 0.178. The van der Waals surface area contributed by atoms with E-state index in [1.165, 1.54) is 28.0 Å². The number of benzene rings is 2. The molecule has 0 saturated heterocycles. The van der Waals surface area contributed by atoms with Crippen molar-refractivity contribution < 1.29 is 18.7 Å². The Bertz CT molecular complexity index is 1490. The highest BCUT2D eigenvalue weighted by Crippen LogP contribution is 2.32. The van der Waals surface area contributed by atoms with E-state index >= 15 is 0 Å². The largest absolute Gasteiger partial charge is 0.495 e. The third kappa shape index (κ3) is 4.63. The van der Waals surface area contributed by atoms with E-state index in [1.54, 1.807) is 39.2 Å². The van der Waals surface area contributed by atoms with Crippen molar-refractivity contribution in [3.05, 3.63) is 92.3 Å². The molecule has 0 amide bonds. The maximum Gasteiger partial charge on any atom is 0.338 e. The molecule has 1 aromatic heterocycles. The van der Waals surface area contributed by atoms with Crippen molar-refractivity contribution in [2.45, 2.75) is 19.9 Å². The monoisotopic (exact) mass is 656 g/mol. The number of carbonyl (C=O) groups excluding carboxylic acids is 1. The number of hydrogen-bond acceptors (Lipinski definition) is 6. The molecule has 3 aromatic rings. The maximum atomic E-state index is 13.7. The zero-order valence-corrected chi connectivity index (χ0v) is 23.0. The van der Waals surface area contributed by atoms with E-state index in [9.17, 15) is 14.0 Å². The van der Waals surface area contributed by atoms with Gasteiger partial charge in [0.1, 0.15) is 11.6 Å². The molecule has 1 aliphatic rings. The van der Waals surface area contributed by atoms with Crippen LogP contribution in [-0.2, 0) is 9.53 Å². The molecule has 0 N–H and O–H groups in total. The van der Waals surface area contributed by atoms with Gasteiger partial charge in [0.2, 0.25) is 0 Å². The van der Waals surface area contributed by atoms with E-state index in [2.05, 4.69) is 43.5 Å². The average molecular weight is 657 g/mol. The van der Waals surface area contributed by atoms with Gasteiger partial charge in [-0.25, -0.2) is 14.2 Å². The summed E-state index contributed by atoms with van der Waals surface area (Å²) in [7, 11) is 1.58. The third-order valence-electron chi connectivity index (χ3n) is 5.23. The molecule has 0 spiro atoms. The van der Waals surface area contributed by atoms with Crippen LogP contribution in [0, 0.1) is 9.39 Å². The number of methoxy groups -OCH3 is 1. The lowest BCUT2D eigenvalue weighted by molar-refractivity contribution is -0.139. The van der Waals surface area contributed by atoms with Crippen LogP contribution < -0.4 is 19.6 Å². The summed E-state index contributed by atoms with van der Waals surface area (Å²) in [5.74, 6) is -0.324. The number of rotatable bonds is 5. The molecule has 0 fully saturated rings. The van der Waals surface area contributed by atoms with Crippen LogP contribution in [0.3, 0.4) is 0 Å². The Balaban J connectivity index is 1.99. The van der Waals surface area contributed by atoms with E-state index in [4.69, 9.17) is 9.47 Å². The Morgan fingerprint density at radius 1 is 1.32 bits per heavy atom. The Labute approximate surface area is 220 Å². The van der Waals surface area contributed by atoms with Gasteiger partial charge in [0.15, 0.2) is 4.80 Å². The number of hydrogen-bond donors (Lipinski definition) is 0. The molecule has 6 nitrogen and oxygen atoms in total. The molecule has 0 aliphatic carbocycles. The van der Waals surface area contributed by atoms with Gasteiger partial charge < -0.3 is 9.47 Å². The van der Waals surface area contributed by atoms with Gasteiger partial charge in [-0.2, -0.15) is 0 Å². The second-order valence-corrected chi connectivity index (χ2v) is 10.5. The number of thiazole rings is 1. The van der Waals surface area contributed by atoms with Crippen molar-refractivity contribution in [3.8, 4) is 5.75 Å². The number of fused-ring (bicyclic) bond motifs is 1. The summed E-state index contributed by atoms with van der Waals surface area (Å²) >= 11 is 6.88. The zero-order chi connectivity index (χ0) is 24.6. The summed E-state index contributed by atoms with van der Waals surface area (Å²) in [5.41, 5.74) is 1.70. The average Bonchev–Trinajstić information content (AvgIpc) is 3.08. The lowest BCUT2D eigenvalue weighted by Gasteiger charge is -2.24. The highest BCUT2D eigenvalue weighted by Gasteiger charge is 2.33. The van der Waals surface area contributed by atoms with Crippen LogP contribution in [0.25, 0.3) is 6.08 Å². The molecule has 2 heterocycles. The summed E-state index contributed by atoms with van der Waals surface area (Å²) in [4.78, 5) is 31.5. The summed E-state index contributed by atoms with van der Waals surface area (Å²) in [6.07, 6.45) is 1.75. The fourth-order valence-corrected chi connectivity index (χ4v) is 6.60. The van der Waals surface area contributed by atoms with Crippen LogP contribution in [0.5, 0.6) is 5.75 Å². The van der Waals surface area contributed by atoms with Crippen molar-refractivity contribution in [3.63, 3.8) is 0 Å². The van der Waals surface area contributed by atoms with Crippen molar-refractivity contribution in [2.24, 2.45) is 4.99 Å². The molecular formula is C24H19BrFIN2O4S. The summed E-state index contributed by atoms with van der Waals surface area (Å²) in [6, 6.07) is 8.73. The number of ether oxygens (including phenoxy) is 2. The summed E-state index contributed by atoms with van der Waals surface area (Å²) in [6.45, 7) is 3.60. The summed E-state index contributed by atoms with van der Waals surface area (Å²) in [5, 5.41) is 0. The van der Waals surface area contributed by atoms with Crippen molar-refractivity contribution in [1.82, 2.24) is 4.57 Å². The number of esters is 1. The molecule has 34 heavy (non-hydrogen) atoms. The molecular weight excluding hydrogens is 638 g/mol. The first kappa shape index (κ1) is 24.8. The highest BCUT2D eigenvalue weighted by molar-refractivity contribution is 14.1. The van der Waals surface area contributed by atoms with Gasteiger partial charge in [-0.05, 0) is 72.3 Å². The second-order valence-electron chi connectivity index (χ2n) is 7.36. The first-order valence-electron chi connectivity index (χ1n) is 10.2. The predicted octanol–water partition coefficient (Wildman–Crippen LogP) is 4.31. The van der Waals surface area contributed by atoms with Crippen molar-refractivity contribution in [2.75, 3.05) is 13.7 Å².